The zero-order valence-electron chi connectivity index (χ0n) is 11.2. The third-order valence-corrected chi connectivity index (χ3v) is 3.20. The zero-order valence-corrected chi connectivity index (χ0v) is 11.9. The highest BCUT2D eigenvalue weighted by Gasteiger charge is 2.12. The van der Waals surface area contributed by atoms with E-state index in [0.29, 0.717) is 17.1 Å². The van der Waals surface area contributed by atoms with Gasteiger partial charge in [0.05, 0.1) is 13.0 Å². The van der Waals surface area contributed by atoms with Gasteiger partial charge in [0.1, 0.15) is 18.3 Å². The molecule has 2 rings (SSSR count). The van der Waals surface area contributed by atoms with E-state index in [9.17, 15) is 9.90 Å². The maximum atomic E-state index is 11.4. The Labute approximate surface area is 120 Å². The molecule has 5 nitrogen and oxygen atoms in total. The summed E-state index contributed by atoms with van der Waals surface area (Å²) in [5, 5.41) is 10.2. The number of rotatable bonds is 5. The highest BCUT2D eigenvalue weighted by Crippen LogP contribution is 2.33. The average molecular weight is 299 g/mol. The van der Waals surface area contributed by atoms with E-state index in [1.54, 1.807) is 12.1 Å². The molecule has 1 atom stereocenters. The van der Waals surface area contributed by atoms with Crippen LogP contribution in [-0.4, -0.2) is 30.8 Å². The van der Waals surface area contributed by atoms with Gasteiger partial charge in [-0.2, -0.15) is 0 Å². The van der Waals surface area contributed by atoms with E-state index >= 15 is 0 Å². The van der Waals surface area contributed by atoms with Crippen LogP contribution < -0.4 is 15.1 Å². The van der Waals surface area contributed by atoms with E-state index in [4.69, 9.17) is 25.5 Å². The molecule has 1 heterocycles. The van der Waals surface area contributed by atoms with Crippen molar-refractivity contribution in [3.05, 3.63) is 34.2 Å². The fraction of sp³-hybridized carbons (Fsp3) is 0.357. The lowest BCUT2D eigenvalue weighted by molar-refractivity contribution is 0.123. The van der Waals surface area contributed by atoms with Crippen molar-refractivity contribution < 1.29 is 19.0 Å². The lowest BCUT2D eigenvalue weighted by Crippen LogP contribution is -2.19. The number of hydrogen-bond donors (Lipinski definition) is 1. The Morgan fingerprint density at radius 1 is 1.35 bits per heavy atom. The molecule has 20 heavy (non-hydrogen) atoms. The minimum atomic E-state index is -0.758. The molecule has 6 heteroatoms. The van der Waals surface area contributed by atoms with E-state index < -0.39 is 11.7 Å². The number of halogens is 1. The first-order chi connectivity index (χ1) is 9.55. The number of alkyl halides is 1. The van der Waals surface area contributed by atoms with Crippen LogP contribution in [0.2, 0.25) is 0 Å². The fourth-order valence-corrected chi connectivity index (χ4v) is 1.92. The second kappa shape index (κ2) is 6.15. The third-order valence-electron chi connectivity index (χ3n) is 2.84. The molecule has 0 aliphatic rings. The summed E-state index contributed by atoms with van der Waals surface area (Å²) in [6.07, 6.45) is -0.758. The van der Waals surface area contributed by atoms with E-state index in [2.05, 4.69) is 0 Å². The summed E-state index contributed by atoms with van der Waals surface area (Å²) in [5.41, 5.74) is 0.794. The molecule has 0 spiro atoms. The molecule has 0 aliphatic carbocycles. The predicted octanol–water partition coefficient (Wildman–Crippen LogP) is 2.09. The van der Waals surface area contributed by atoms with E-state index in [0.717, 1.165) is 10.9 Å². The first-order valence-electron chi connectivity index (χ1n) is 6.04. The van der Waals surface area contributed by atoms with Gasteiger partial charge in [0.25, 0.3) is 0 Å². The van der Waals surface area contributed by atoms with Crippen molar-refractivity contribution in [2.75, 3.05) is 19.6 Å². The van der Waals surface area contributed by atoms with Gasteiger partial charge < -0.3 is 19.0 Å². The van der Waals surface area contributed by atoms with E-state index in [-0.39, 0.29) is 12.5 Å². The summed E-state index contributed by atoms with van der Waals surface area (Å²) in [7, 11) is 1.49. The Morgan fingerprint density at radius 3 is 2.75 bits per heavy atom. The van der Waals surface area contributed by atoms with Gasteiger partial charge in [-0.15, -0.1) is 11.6 Å². The molecule has 0 aliphatic heterocycles. The van der Waals surface area contributed by atoms with Gasteiger partial charge in [-0.25, -0.2) is 4.79 Å². The van der Waals surface area contributed by atoms with Gasteiger partial charge in [-0.1, -0.05) is 0 Å². The second-order valence-corrected chi connectivity index (χ2v) is 4.68. The Hall–Kier alpha value is -1.72. The number of aliphatic hydroxyl groups is 1. The van der Waals surface area contributed by atoms with Gasteiger partial charge in [-0.05, 0) is 18.6 Å². The van der Waals surface area contributed by atoms with Gasteiger partial charge in [0, 0.05) is 17.5 Å². The molecule has 0 bridgehead atoms. The summed E-state index contributed by atoms with van der Waals surface area (Å²) in [5.74, 6) is 0.971. The number of aliphatic hydroxyl groups excluding tert-OH is 1. The fourth-order valence-electron chi connectivity index (χ4n) is 1.83. The summed E-state index contributed by atoms with van der Waals surface area (Å²) in [6, 6.07) is 4.71. The number of fused-ring (bicyclic) bond motifs is 1. The van der Waals surface area contributed by atoms with E-state index in [1.807, 2.05) is 6.92 Å². The summed E-state index contributed by atoms with van der Waals surface area (Å²) < 4.78 is 15.8. The third kappa shape index (κ3) is 3.05. The first kappa shape index (κ1) is 14.7. The number of methoxy groups -OCH3 is 1. The van der Waals surface area contributed by atoms with Crippen molar-refractivity contribution in [1.82, 2.24) is 0 Å². The molecule has 1 aromatic carbocycles. The Morgan fingerprint density at radius 2 is 2.10 bits per heavy atom. The number of hydrogen-bond acceptors (Lipinski definition) is 5. The average Bonchev–Trinajstić information content (AvgIpc) is 2.43. The molecule has 0 fully saturated rings. The number of benzene rings is 1. The maximum absolute atomic E-state index is 11.4. The van der Waals surface area contributed by atoms with Crippen molar-refractivity contribution in [2.24, 2.45) is 0 Å². The largest absolute Gasteiger partial charge is 0.493 e. The molecule has 0 amide bonds. The Bertz CT molecular complexity index is 664. The van der Waals surface area contributed by atoms with Gasteiger partial charge >= 0.3 is 5.63 Å². The van der Waals surface area contributed by atoms with E-state index in [1.165, 1.54) is 13.2 Å². The molecule has 1 N–H and O–H groups in total. The van der Waals surface area contributed by atoms with Crippen molar-refractivity contribution in [3.63, 3.8) is 0 Å². The summed E-state index contributed by atoms with van der Waals surface area (Å²) in [4.78, 5) is 11.4. The van der Waals surface area contributed by atoms with Crippen LogP contribution in [-0.2, 0) is 0 Å². The normalized spacial score (nSPS) is 12.4. The van der Waals surface area contributed by atoms with Crippen LogP contribution in [0, 0.1) is 6.92 Å². The van der Waals surface area contributed by atoms with Crippen molar-refractivity contribution in [3.8, 4) is 11.5 Å². The smallest absolute Gasteiger partial charge is 0.336 e. The molecule has 0 radical (unpaired) electrons. The molecular formula is C14H15ClO5. The van der Waals surface area contributed by atoms with Gasteiger partial charge in [-0.3, -0.25) is 0 Å². The standard InChI is InChI=1S/C14H15ClO5/c1-8-3-14(17)20-11-5-12(18-2)13(4-10(8)11)19-7-9(16)6-15/h3-5,9,16H,6-7H2,1-2H3. The molecule has 1 unspecified atom stereocenters. The van der Waals surface area contributed by atoms with Gasteiger partial charge in [0.15, 0.2) is 11.5 Å². The molecule has 1 aromatic heterocycles. The highest BCUT2D eigenvalue weighted by atomic mass is 35.5. The minimum Gasteiger partial charge on any atom is -0.493 e. The maximum Gasteiger partial charge on any atom is 0.336 e. The van der Waals surface area contributed by atoms with Gasteiger partial charge in [0.2, 0.25) is 0 Å². The topological polar surface area (TPSA) is 68.9 Å². The van der Waals surface area contributed by atoms with Crippen LogP contribution in [0.15, 0.2) is 27.4 Å². The van der Waals surface area contributed by atoms with Crippen LogP contribution in [0.1, 0.15) is 5.56 Å². The number of ether oxygens (including phenoxy) is 2. The van der Waals surface area contributed by atoms with Crippen molar-refractivity contribution in [2.45, 2.75) is 13.0 Å². The molecule has 2 aromatic rings. The van der Waals surface area contributed by atoms with Crippen LogP contribution in [0.25, 0.3) is 11.0 Å². The second-order valence-electron chi connectivity index (χ2n) is 4.37. The highest BCUT2D eigenvalue weighted by molar-refractivity contribution is 6.18. The van der Waals surface area contributed by atoms with Crippen LogP contribution in [0.4, 0.5) is 0 Å². The first-order valence-corrected chi connectivity index (χ1v) is 6.58. The van der Waals surface area contributed by atoms with Crippen LogP contribution in [0.3, 0.4) is 0 Å². The quantitative estimate of drug-likeness (QED) is 0.676. The monoisotopic (exact) mass is 298 g/mol. The summed E-state index contributed by atoms with van der Waals surface area (Å²) >= 11 is 5.52. The minimum absolute atomic E-state index is 0.0567. The SMILES string of the molecule is COc1cc2oc(=O)cc(C)c2cc1OCC(O)CCl. The molecule has 108 valence electrons. The zero-order chi connectivity index (χ0) is 14.7. The lowest BCUT2D eigenvalue weighted by atomic mass is 10.1. The lowest BCUT2D eigenvalue weighted by Gasteiger charge is -2.14. The van der Waals surface area contributed by atoms with Crippen molar-refractivity contribution in [1.29, 1.82) is 0 Å². The Balaban J connectivity index is 2.45. The molecular weight excluding hydrogens is 284 g/mol. The Kier molecular flexibility index (Phi) is 4.52. The number of aryl methyl sites for hydroxylation is 1. The molecule has 0 saturated carbocycles. The van der Waals surface area contributed by atoms with Crippen molar-refractivity contribution >= 4 is 22.6 Å². The molecule has 0 saturated heterocycles. The van der Waals surface area contributed by atoms with Crippen LogP contribution >= 0.6 is 11.6 Å². The summed E-state index contributed by atoms with van der Waals surface area (Å²) in [6.45, 7) is 1.87. The van der Waals surface area contributed by atoms with Crippen LogP contribution in [0.5, 0.6) is 11.5 Å². The predicted molar refractivity (Wildman–Crippen MR) is 76.0 cm³/mol.